The number of anilines is 3. The van der Waals surface area contributed by atoms with E-state index in [1.54, 1.807) is 18.2 Å². The van der Waals surface area contributed by atoms with Gasteiger partial charge in [-0.05, 0) is 136 Å². The Morgan fingerprint density at radius 2 is 1.00 bits per heavy atom. The molecule has 256 valence electrons. The van der Waals surface area contributed by atoms with Gasteiger partial charge in [0.15, 0.2) is 11.2 Å². The fraction of sp³-hybridized carbons (Fsp3) is 0. The van der Waals surface area contributed by atoms with Crippen molar-refractivity contribution in [2.75, 3.05) is 4.90 Å². The minimum atomic E-state index is 0.485. The van der Waals surface area contributed by atoms with E-state index < -0.39 is 0 Å². The Bertz CT molecular complexity index is 3150. The standard InChI is InChI=1S/C48H27N5O2/c49-28-30-9-22-46-44(23-30)52-48(55-46)32-14-19-40(20-15-32)53(39-17-12-31(13-18-39)47-51-43-7-3-4-8-45(43)54-47)41-21-16-35-24-37(11-10-36(35)26-41)42-27-34-6-2-1-5-33(34)25-38(42)29-50/h1-27H. The van der Waals surface area contributed by atoms with E-state index in [2.05, 4.69) is 94.8 Å². The first-order valence-corrected chi connectivity index (χ1v) is 17.7. The van der Waals surface area contributed by atoms with Crippen LogP contribution in [0.4, 0.5) is 17.1 Å². The lowest BCUT2D eigenvalue weighted by Gasteiger charge is -2.26. The van der Waals surface area contributed by atoms with Crippen LogP contribution in [0.5, 0.6) is 0 Å². The van der Waals surface area contributed by atoms with Crippen molar-refractivity contribution in [2.45, 2.75) is 0 Å². The molecule has 55 heavy (non-hydrogen) atoms. The summed E-state index contributed by atoms with van der Waals surface area (Å²) >= 11 is 0. The highest BCUT2D eigenvalue weighted by Crippen LogP contribution is 2.39. The first-order valence-electron chi connectivity index (χ1n) is 17.7. The Morgan fingerprint density at radius 3 is 1.69 bits per heavy atom. The molecular formula is C48H27N5O2. The summed E-state index contributed by atoms with van der Waals surface area (Å²) in [5, 5.41) is 23.6. The molecule has 0 saturated carbocycles. The lowest BCUT2D eigenvalue weighted by atomic mass is 9.94. The van der Waals surface area contributed by atoms with Gasteiger partial charge in [0.25, 0.3) is 0 Å². The summed E-state index contributed by atoms with van der Waals surface area (Å²) in [5.74, 6) is 1.05. The number of hydrogen-bond donors (Lipinski definition) is 0. The molecule has 10 rings (SSSR count). The molecular weight excluding hydrogens is 679 g/mol. The van der Waals surface area contributed by atoms with Crippen molar-refractivity contribution in [3.63, 3.8) is 0 Å². The Kier molecular flexibility index (Phi) is 7.43. The van der Waals surface area contributed by atoms with E-state index in [4.69, 9.17) is 13.8 Å². The molecule has 0 fully saturated rings. The summed E-state index contributed by atoms with van der Waals surface area (Å²) in [7, 11) is 0. The van der Waals surface area contributed by atoms with Crippen molar-refractivity contribution in [1.29, 1.82) is 10.5 Å². The van der Waals surface area contributed by atoms with Gasteiger partial charge in [-0.15, -0.1) is 0 Å². The smallest absolute Gasteiger partial charge is 0.227 e. The van der Waals surface area contributed by atoms with E-state index in [9.17, 15) is 10.5 Å². The number of aromatic nitrogens is 2. The molecule has 10 aromatic rings. The second-order valence-corrected chi connectivity index (χ2v) is 13.3. The number of benzene rings is 8. The molecule has 0 aliphatic rings. The SMILES string of the molecule is N#Cc1ccc2oc(-c3ccc(N(c4ccc(-c5nc6ccccc6o5)cc4)c4ccc5cc(-c6cc7ccccc7cc6C#N)ccc5c4)cc3)nc2c1. The minimum Gasteiger partial charge on any atom is -0.436 e. The zero-order chi connectivity index (χ0) is 36.9. The van der Waals surface area contributed by atoms with Gasteiger partial charge in [0.2, 0.25) is 11.8 Å². The summed E-state index contributed by atoms with van der Waals surface area (Å²) in [6.45, 7) is 0. The van der Waals surface area contributed by atoms with Gasteiger partial charge < -0.3 is 13.7 Å². The van der Waals surface area contributed by atoms with Crippen LogP contribution in [0.25, 0.3) is 77.8 Å². The maximum Gasteiger partial charge on any atom is 0.227 e. The van der Waals surface area contributed by atoms with E-state index in [0.717, 1.165) is 72.0 Å². The highest BCUT2D eigenvalue weighted by molar-refractivity contribution is 5.95. The van der Waals surface area contributed by atoms with Crippen LogP contribution in [0.1, 0.15) is 11.1 Å². The van der Waals surface area contributed by atoms with Crippen molar-refractivity contribution in [3.8, 4) is 46.2 Å². The van der Waals surface area contributed by atoms with E-state index >= 15 is 0 Å². The van der Waals surface area contributed by atoms with Crippen LogP contribution in [-0.4, -0.2) is 9.97 Å². The number of nitrogens with zero attached hydrogens (tertiary/aromatic N) is 5. The molecule has 0 N–H and O–H groups in total. The van der Waals surface area contributed by atoms with Crippen molar-refractivity contribution >= 4 is 60.8 Å². The summed E-state index contributed by atoms with van der Waals surface area (Å²) in [6, 6.07) is 58.8. The molecule has 0 saturated heterocycles. The number of oxazole rings is 2. The molecule has 0 bridgehead atoms. The second-order valence-electron chi connectivity index (χ2n) is 13.3. The summed E-state index contributed by atoms with van der Waals surface area (Å²) in [5.41, 5.74) is 10.5. The van der Waals surface area contributed by atoms with E-state index in [-0.39, 0.29) is 0 Å². The molecule has 7 nitrogen and oxygen atoms in total. The van der Waals surface area contributed by atoms with Gasteiger partial charge in [-0.25, -0.2) is 9.97 Å². The number of rotatable bonds is 6. The fourth-order valence-electron chi connectivity index (χ4n) is 7.18. The van der Waals surface area contributed by atoms with Gasteiger partial charge in [-0.3, -0.25) is 0 Å². The highest BCUT2D eigenvalue weighted by atomic mass is 16.4. The molecule has 2 heterocycles. The molecule has 0 spiro atoms. The molecule has 7 heteroatoms. The van der Waals surface area contributed by atoms with Crippen LogP contribution < -0.4 is 4.90 Å². The summed E-state index contributed by atoms with van der Waals surface area (Å²) in [4.78, 5) is 11.6. The number of para-hydroxylation sites is 2. The Morgan fingerprint density at radius 1 is 0.436 bits per heavy atom. The monoisotopic (exact) mass is 705 g/mol. The highest BCUT2D eigenvalue weighted by Gasteiger charge is 2.17. The molecule has 0 unspecified atom stereocenters. The Labute approximate surface area is 315 Å². The molecule has 0 amide bonds. The van der Waals surface area contributed by atoms with Gasteiger partial charge in [0.05, 0.1) is 23.3 Å². The number of fused-ring (bicyclic) bond motifs is 4. The van der Waals surface area contributed by atoms with Crippen LogP contribution in [0, 0.1) is 22.7 Å². The third kappa shape index (κ3) is 5.70. The number of nitriles is 2. The molecule has 0 atom stereocenters. The quantitative estimate of drug-likeness (QED) is 0.170. The van der Waals surface area contributed by atoms with Crippen LogP contribution in [0.2, 0.25) is 0 Å². The maximum absolute atomic E-state index is 10.0. The molecule has 8 aromatic carbocycles. The average molecular weight is 706 g/mol. The van der Waals surface area contributed by atoms with Crippen molar-refractivity contribution in [2.24, 2.45) is 0 Å². The van der Waals surface area contributed by atoms with Gasteiger partial charge in [-0.2, -0.15) is 10.5 Å². The van der Waals surface area contributed by atoms with E-state index in [1.807, 2.05) is 72.8 Å². The first kappa shape index (κ1) is 31.7. The van der Waals surface area contributed by atoms with Gasteiger partial charge in [0.1, 0.15) is 11.0 Å². The predicted molar refractivity (Wildman–Crippen MR) is 217 cm³/mol. The summed E-state index contributed by atoms with van der Waals surface area (Å²) < 4.78 is 12.1. The normalized spacial score (nSPS) is 11.2. The maximum atomic E-state index is 10.0. The topological polar surface area (TPSA) is 103 Å². The lowest BCUT2D eigenvalue weighted by Crippen LogP contribution is -2.09. The van der Waals surface area contributed by atoms with Gasteiger partial charge in [-0.1, -0.05) is 54.6 Å². The minimum absolute atomic E-state index is 0.485. The largest absolute Gasteiger partial charge is 0.436 e. The molecule has 2 aromatic heterocycles. The van der Waals surface area contributed by atoms with Crippen molar-refractivity contribution < 1.29 is 8.83 Å². The third-order valence-corrected chi connectivity index (χ3v) is 9.95. The fourth-order valence-corrected chi connectivity index (χ4v) is 7.18. The van der Waals surface area contributed by atoms with Crippen LogP contribution in [0.3, 0.4) is 0 Å². The van der Waals surface area contributed by atoms with E-state index in [0.29, 0.717) is 34.0 Å². The van der Waals surface area contributed by atoms with Gasteiger partial charge >= 0.3 is 0 Å². The van der Waals surface area contributed by atoms with Crippen LogP contribution >= 0.6 is 0 Å². The second kappa shape index (κ2) is 12.9. The zero-order valence-electron chi connectivity index (χ0n) is 29.1. The summed E-state index contributed by atoms with van der Waals surface area (Å²) in [6.07, 6.45) is 0. The molecule has 0 aliphatic carbocycles. The first-order chi connectivity index (χ1) is 27.1. The Balaban J connectivity index is 1.04. The van der Waals surface area contributed by atoms with Crippen LogP contribution in [-0.2, 0) is 0 Å². The average Bonchev–Trinajstić information content (AvgIpc) is 3.88. The van der Waals surface area contributed by atoms with Gasteiger partial charge in [0, 0.05) is 33.8 Å². The third-order valence-electron chi connectivity index (χ3n) is 9.95. The molecule has 0 aliphatic heterocycles. The molecule has 0 radical (unpaired) electrons. The van der Waals surface area contributed by atoms with Crippen molar-refractivity contribution in [3.05, 3.63) is 175 Å². The lowest BCUT2D eigenvalue weighted by molar-refractivity contribution is 0.619. The van der Waals surface area contributed by atoms with E-state index in [1.165, 1.54) is 0 Å². The Hall–Kier alpha value is -8.00. The zero-order valence-corrected chi connectivity index (χ0v) is 29.1. The van der Waals surface area contributed by atoms with Crippen LogP contribution in [0.15, 0.2) is 173 Å². The van der Waals surface area contributed by atoms with Crippen molar-refractivity contribution in [1.82, 2.24) is 9.97 Å². The predicted octanol–water partition coefficient (Wildman–Crippen LogP) is 12.5. The number of hydrogen-bond acceptors (Lipinski definition) is 7.